The molecule has 1 aliphatic carbocycles. The van der Waals surface area contributed by atoms with Gasteiger partial charge in [0.2, 0.25) is 0 Å². The molecule has 33 heavy (non-hydrogen) atoms. The summed E-state index contributed by atoms with van der Waals surface area (Å²) in [4.78, 5) is 23.6. The number of hydrogen-bond donors (Lipinski definition) is 1. The van der Waals surface area contributed by atoms with Crippen LogP contribution in [-0.4, -0.2) is 23.7 Å². The zero-order valence-corrected chi connectivity index (χ0v) is 21.5. The summed E-state index contributed by atoms with van der Waals surface area (Å²) in [6, 6.07) is 0. The van der Waals surface area contributed by atoms with Crippen LogP contribution in [0.2, 0.25) is 0 Å². The maximum Gasteiger partial charge on any atom is 0.307 e. The highest BCUT2D eigenvalue weighted by Crippen LogP contribution is 2.24. The van der Waals surface area contributed by atoms with Gasteiger partial charge in [-0.3, -0.25) is 9.59 Å². The number of allylic oxidation sites excluding steroid dienone is 2. The SMILES string of the molecule is CCCCCCCCCCCCCCC/C=C/CC(CC(=O)OCC1CCCCC1)C(=O)O. The van der Waals surface area contributed by atoms with E-state index in [9.17, 15) is 14.7 Å². The fourth-order valence-electron chi connectivity index (χ4n) is 4.75. The highest BCUT2D eigenvalue weighted by Gasteiger charge is 2.22. The van der Waals surface area contributed by atoms with E-state index in [0.717, 1.165) is 25.7 Å². The molecule has 1 aliphatic rings. The van der Waals surface area contributed by atoms with Crippen molar-refractivity contribution in [1.29, 1.82) is 0 Å². The molecule has 0 aromatic rings. The van der Waals surface area contributed by atoms with Crippen molar-refractivity contribution in [2.24, 2.45) is 11.8 Å². The topological polar surface area (TPSA) is 63.6 Å². The molecule has 0 heterocycles. The first-order valence-corrected chi connectivity index (χ1v) is 14.2. The molecule has 0 bridgehead atoms. The van der Waals surface area contributed by atoms with E-state index >= 15 is 0 Å². The van der Waals surface area contributed by atoms with Crippen molar-refractivity contribution in [2.75, 3.05) is 6.61 Å². The van der Waals surface area contributed by atoms with Gasteiger partial charge in [0, 0.05) is 0 Å². The molecule has 1 rings (SSSR count). The molecule has 0 amide bonds. The van der Waals surface area contributed by atoms with Gasteiger partial charge >= 0.3 is 11.9 Å². The number of carboxylic acid groups (broad SMARTS) is 1. The molecule has 0 aromatic heterocycles. The Morgan fingerprint density at radius 2 is 1.36 bits per heavy atom. The van der Waals surface area contributed by atoms with Crippen molar-refractivity contribution >= 4 is 11.9 Å². The average molecular weight is 465 g/mol. The van der Waals surface area contributed by atoms with Gasteiger partial charge in [-0.2, -0.15) is 0 Å². The van der Waals surface area contributed by atoms with Gasteiger partial charge in [0.15, 0.2) is 0 Å². The predicted octanol–water partition coefficient (Wildman–Crippen LogP) is 8.63. The lowest BCUT2D eigenvalue weighted by Gasteiger charge is -2.21. The smallest absolute Gasteiger partial charge is 0.307 e. The normalized spacial score (nSPS) is 15.7. The summed E-state index contributed by atoms with van der Waals surface area (Å²) in [5, 5.41) is 9.42. The number of carboxylic acids is 1. The molecule has 1 saturated carbocycles. The largest absolute Gasteiger partial charge is 0.481 e. The van der Waals surface area contributed by atoms with Gasteiger partial charge in [0.25, 0.3) is 0 Å². The van der Waals surface area contributed by atoms with Crippen LogP contribution in [0, 0.1) is 11.8 Å². The van der Waals surface area contributed by atoms with E-state index in [4.69, 9.17) is 4.74 Å². The second kappa shape index (κ2) is 21.2. The molecule has 0 radical (unpaired) electrons. The lowest BCUT2D eigenvalue weighted by atomic mass is 9.90. The molecular formula is C29H52O4. The third-order valence-corrected chi connectivity index (χ3v) is 7.03. The molecule has 192 valence electrons. The standard InChI is InChI=1S/C29H52O4/c1-2-3-4-5-6-7-8-9-10-11-12-13-14-15-16-20-23-27(29(31)32)24-28(30)33-25-26-21-18-17-19-22-26/h16,20,26-27H,2-15,17-19,21-25H2,1H3,(H,31,32)/b20-16+. The fraction of sp³-hybridized carbons (Fsp3) is 0.862. The molecular weight excluding hydrogens is 412 g/mol. The van der Waals surface area contributed by atoms with E-state index in [2.05, 4.69) is 13.0 Å². The number of rotatable bonds is 21. The Hall–Kier alpha value is -1.32. The summed E-state index contributed by atoms with van der Waals surface area (Å²) in [5.41, 5.74) is 0. The van der Waals surface area contributed by atoms with Crippen LogP contribution in [0.5, 0.6) is 0 Å². The Balaban J connectivity index is 1.97. The number of carbonyl (C=O) groups excluding carboxylic acids is 1. The Morgan fingerprint density at radius 1 is 0.818 bits per heavy atom. The lowest BCUT2D eigenvalue weighted by Crippen LogP contribution is -2.22. The van der Waals surface area contributed by atoms with E-state index in [-0.39, 0.29) is 12.4 Å². The van der Waals surface area contributed by atoms with E-state index < -0.39 is 11.9 Å². The Kier molecular flexibility index (Phi) is 19.1. The van der Waals surface area contributed by atoms with Gasteiger partial charge in [-0.25, -0.2) is 0 Å². The number of carbonyl (C=O) groups is 2. The van der Waals surface area contributed by atoms with Crippen LogP contribution in [0.25, 0.3) is 0 Å². The minimum absolute atomic E-state index is 0.0227. The first-order chi connectivity index (χ1) is 16.1. The summed E-state index contributed by atoms with van der Waals surface area (Å²) < 4.78 is 5.37. The van der Waals surface area contributed by atoms with Crippen LogP contribution in [0.4, 0.5) is 0 Å². The summed E-state index contributed by atoms with van der Waals surface area (Å²) in [5.74, 6) is -1.48. The summed E-state index contributed by atoms with van der Waals surface area (Å²) >= 11 is 0. The third-order valence-electron chi connectivity index (χ3n) is 7.03. The minimum atomic E-state index is -0.907. The van der Waals surface area contributed by atoms with Gasteiger partial charge in [0.1, 0.15) is 0 Å². The minimum Gasteiger partial charge on any atom is -0.481 e. The van der Waals surface area contributed by atoms with E-state index in [1.54, 1.807) is 0 Å². The molecule has 4 heteroatoms. The Labute approximate surface area is 203 Å². The van der Waals surface area contributed by atoms with Crippen molar-refractivity contribution in [3.63, 3.8) is 0 Å². The van der Waals surface area contributed by atoms with Crippen molar-refractivity contribution < 1.29 is 19.4 Å². The van der Waals surface area contributed by atoms with Crippen molar-refractivity contribution in [2.45, 2.75) is 142 Å². The first-order valence-electron chi connectivity index (χ1n) is 14.2. The van der Waals surface area contributed by atoms with Gasteiger partial charge in [-0.1, -0.05) is 115 Å². The Bertz CT molecular complexity index is 508. The van der Waals surface area contributed by atoms with Crippen molar-refractivity contribution in [3.05, 3.63) is 12.2 Å². The van der Waals surface area contributed by atoms with Crippen molar-refractivity contribution in [1.82, 2.24) is 0 Å². The van der Waals surface area contributed by atoms with Crippen LogP contribution in [0.15, 0.2) is 12.2 Å². The van der Waals surface area contributed by atoms with Gasteiger partial charge in [0.05, 0.1) is 18.9 Å². The first kappa shape index (κ1) is 29.7. The molecule has 1 unspecified atom stereocenters. The highest BCUT2D eigenvalue weighted by atomic mass is 16.5. The second-order valence-corrected chi connectivity index (χ2v) is 10.2. The number of aliphatic carboxylic acids is 1. The molecule has 4 nitrogen and oxygen atoms in total. The molecule has 1 fully saturated rings. The maximum atomic E-state index is 12.1. The van der Waals surface area contributed by atoms with Crippen LogP contribution in [0.3, 0.4) is 0 Å². The van der Waals surface area contributed by atoms with E-state index in [0.29, 0.717) is 18.9 Å². The number of ether oxygens (including phenoxy) is 1. The molecule has 1 atom stereocenters. The molecule has 0 spiro atoms. The van der Waals surface area contributed by atoms with Gasteiger partial charge < -0.3 is 9.84 Å². The highest BCUT2D eigenvalue weighted by molar-refractivity contribution is 5.78. The third kappa shape index (κ3) is 17.8. The second-order valence-electron chi connectivity index (χ2n) is 10.2. The van der Waals surface area contributed by atoms with Crippen molar-refractivity contribution in [3.8, 4) is 0 Å². The summed E-state index contributed by atoms with van der Waals surface area (Å²) in [7, 11) is 0. The molecule has 0 aromatic carbocycles. The molecule has 0 saturated heterocycles. The number of esters is 1. The monoisotopic (exact) mass is 464 g/mol. The van der Waals surface area contributed by atoms with Gasteiger partial charge in [-0.05, 0) is 38.0 Å². The maximum absolute atomic E-state index is 12.1. The zero-order valence-electron chi connectivity index (χ0n) is 21.5. The fourth-order valence-corrected chi connectivity index (χ4v) is 4.75. The molecule has 0 aliphatic heterocycles. The Morgan fingerprint density at radius 3 is 1.91 bits per heavy atom. The van der Waals surface area contributed by atoms with E-state index in [1.807, 2.05) is 6.08 Å². The number of hydrogen-bond acceptors (Lipinski definition) is 3. The quantitative estimate of drug-likeness (QED) is 0.105. The summed E-state index contributed by atoms with van der Waals surface area (Å²) in [6.45, 7) is 2.73. The lowest BCUT2D eigenvalue weighted by molar-refractivity contribution is -0.152. The van der Waals surface area contributed by atoms with E-state index in [1.165, 1.54) is 96.3 Å². The van der Waals surface area contributed by atoms with Gasteiger partial charge in [-0.15, -0.1) is 0 Å². The molecule has 1 N–H and O–H groups in total. The van der Waals surface area contributed by atoms with Crippen LogP contribution >= 0.6 is 0 Å². The van der Waals surface area contributed by atoms with Crippen LogP contribution in [0.1, 0.15) is 142 Å². The van der Waals surface area contributed by atoms with Crippen LogP contribution < -0.4 is 0 Å². The zero-order chi connectivity index (χ0) is 24.0. The van der Waals surface area contributed by atoms with Crippen LogP contribution in [-0.2, 0) is 14.3 Å². The summed E-state index contributed by atoms with van der Waals surface area (Å²) in [6.07, 6.45) is 28.9. The predicted molar refractivity (Wildman–Crippen MR) is 137 cm³/mol. The number of unbranched alkanes of at least 4 members (excludes halogenated alkanes) is 13. The average Bonchev–Trinajstić information content (AvgIpc) is 2.82.